The maximum absolute atomic E-state index is 3.08. The van der Waals surface area contributed by atoms with E-state index in [2.05, 4.69) is 21.9 Å². The average molecular weight is 190 g/mol. The summed E-state index contributed by atoms with van der Waals surface area (Å²) in [6, 6.07) is 0. The topological polar surface area (TPSA) is 79.6 Å². The first-order chi connectivity index (χ1) is 6.00. The van der Waals surface area contributed by atoms with E-state index in [4.69, 9.17) is 0 Å². The lowest BCUT2D eigenvalue weighted by atomic mass is 10.1. The van der Waals surface area contributed by atoms with Crippen molar-refractivity contribution >= 4 is 0 Å². The molecule has 1 fully saturated rings. The van der Waals surface area contributed by atoms with Crippen molar-refractivity contribution in [1.29, 1.82) is 0 Å². The molecule has 1 rings (SSSR count). The molecule has 1 saturated heterocycles. The van der Waals surface area contributed by atoms with Crippen LogP contribution < -0.4 is 21.9 Å². The van der Waals surface area contributed by atoms with E-state index in [1.54, 1.807) is 0 Å². The number of hydrogen-bond donors (Lipinski definition) is 4. The first kappa shape index (κ1) is 12.8. The second-order valence-corrected chi connectivity index (χ2v) is 3.22. The largest absolute Gasteiger partial charge is 0.412 e. The monoisotopic (exact) mass is 190 g/mol. The molecule has 5 heteroatoms. The van der Waals surface area contributed by atoms with Crippen LogP contribution in [-0.4, -0.2) is 18.6 Å². The standard InChI is InChI=1S/C8H20N4.H2O/c1-2-4-6-8-10-12-11-9-7-5-3-1;/h9-12H,1-8H2;1H2. The van der Waals surface area contributed by atoms with Crippen LogP contribution in [0.3, 0.4) is 0 Å². The molecule has 0 amide bonds. The minimum atomic E-state index is 0. The highest BCUT2D eigenvalue weighted by Gasteiger charge is 1.93. The summed E-state index contributed by atoms with van der Waals surface area (Å²) in [5, 5.41) is 0. The van der Waals surface area contributed by atoms with Gasteiger partial charge in [0.25, 0.3) is 0 Å². The molecule has 6 N–H and O–H groups in total. The van der Waals surface area contributed by atoms with Gasteiger partial charge in [-0.05, 0) is 12.8 Å². The van der Waals surface area contributed by atoms with Gasteiger partial charge in [-0.25, -0.2) is 10.9 Å². The molecular formula is C8H22N4O. The third-order valence-electron chi connectivity index (χ3n) is 2.09. The Balaban J connectivity index is 0.00000144. The molecule has 1 aliphatic heterocycles. The minimum Gasteiger partial charge on any atom is -0.412 e. The molecule has 13 heavy (non-hydrogen) atoms. The third-order valence-corrected chi connectivity index (χ3v) is 2.09. The first-order valence-electron chi connectivity index (χ1n) is 4.96. The Morgan fingerprint density at radius 3 is 1.38 bits per heavy atom. The van der Waals surface area contributed by atoms with Crippen LogP contribution in [0.1, 0.15) is 38.5 Å². The number of nitrogens with one attached hydrogen (secondary N) is 4. The number of hydrazine groups is 3. The molecule has 0 saturated carbocycles. The fourth-order valence-corrected chi connectivity index (χ4v) is 1.35. The molecule has 5 nitrogen and oxygen atoms in total. The Bertz CT molecular complexity index is 59.1. The van der Waals surface area contributed by atoms with Crippen LogP contribution in [-0.2, 0) is 0 Å². The zero-order valence-corrected chi connectivity index (χ0v) is 8.16. The van der Waals surface area contributed by atoms with Crippen molar-refractivity contribution in [2.75, 3.05) is 13.1 Å². The number of rotatable bonds is 0. The Morgan fingerprint density at radius 1 is 0.538 bits per heavy atom. The van der Waals surface area contributed by atoms with E-state index in [0.717, 1.165) is 13.1 Å². The summed E-state index contributed by atoms with van der Waals surface area (Å²) in [6.07, 6.45) is 7.98. The van der Waals surface area contributed by atoms with Gasteiger partial charge in [0, 0.05) is 13.1 Å². The van der Waals surface area contributed by atoms with Gasteiger partial charge in [0.15, 0.2) is 0 Å². The molecule has 0 unspecified atom stereocenters. The molecule has 0 aromatic rings. The van der Waals surface area contributed by atoms with Crippen LogP contribution in [0.5, 0.6) is 0 Å². The summed E-state index contributed by atoms with van der Waals surface area (Å²) >= 11 is 0. The van der Waals surface area contributed by atoms with Crippen molar-refractivity contribution in [1.82, 2.24) is 21.9 Å². The van der Waals surface area contributed by atoms with E-state index in [-0.39, 0.29) is 5.48 Å². The summed E-state index contributed by atoms with van der Waals surface area (Å²) in [5.41, 5.74) is 11.9. The Labute approximate surface area is 79.9 Å². The summed E-state index contributed by atoms with van der Waals surface area (Å²) < 4.78 is 0. The van der Waals surface area contributed by atoms with Gasteiger partial charge in [-0.15, -0.1) is 0 Å². The minimum absolute atomic E-state index is 0. The Hall–Kier alpha value is -0.200. The van der Waals surface area contributed by atoms with E-state index in [9.17, 15) is 0 Å². The van der Waals surface area contributed by atoms with E-state index in [1.807, 2.05) is 0 Å². The van der Waals surface area contributed by atoms with Crippen LogP contribution in [0.25, 0.3) is 0 Å². The SMILES string of the molecule is C1CCCCNNNNCCC1.O. The van der Waals surface area contributed by atoms with Crippen LogP contribution in [0.4, 0.5) is 0 Å². The quantitative estimate of drug-likeness (QED) is 0.420. The van der Waals surface area contributed by atoms with Crippen molar-refractivity contribution in [2.45, 2.75) is 38.5 Å². The molecular weight excluding hydrogens is 168 g/mol. The summed E-state index contributed by atoms with van der Waals surface area (Å²) in [7, 11) is 0. The lowest BCUT2D eigenvalue weighted by Crippen LogP contribution is -2.51. The van der Waals surface area contributed by atoms with Gasteiger partial charge >= 0.3 is 0 Å². The lowest BCUT2D eigenvalue weighted by Gasteiger charge is -2.11. The van der Waals surface area contributed by atoms with Gasteiger partial charge in [0.2, 0.25) is 0 Å². The fraction of sp³-hybridized carbons (Fsp3) is 1.00. The zero-order valence-electron chi connectivity index (χ0n) is 8.16. The Kier molecular flexibility index (Phi) is 9.73. The molecule has 0 aromatic heterocycles. The second-order valence-electron chi connectivity index (χ2n) is 3.22. The lowest BCUT2D eigenvalue weighted by molar-refractivity contribution is 0.354. The van der Waals surface area contributed by atoms with Crippen LogP contribution in [0.15, 0.2) is 0 Å². The highest BCUT2D eigenvalue weighted by Crippen LogP contribution is 2.04. The van der Waals surface area contributed by atoms with Crippen molar-refractivity contribution in [3.63, 3.8) is 0 Å². The van der Waals surface area contributed by atoms with Gasteiger partial charge in [-0.2, -0.15) is 11.1 Å². The molecule has 1 heterocycles. The van der Waals surface area contributed by atoms with Crippen molar-refractivity contribution in [2.24, 2.45) is 0 Å². The van der Waals surface area contributed by atoms with E-state index in [1.165, 1.54) is 38.5 Å². The van der Waals surface area contributed by atoms with Crippen molar-refractivity contribution < 1.29 is 5.48 Å². The predicted molar refractivity (Wildman–Crippen MR) is 53.6 cm³/mol. The summed E-state index contributed by atoms with van der Waals surface area (Å²) in [6.45, 7) is 2.07. The summed E-state index contributed by atoms with van der Waals surface area (Å²) in [4.78, 5) is 0. The van der Waals surface area contributed by atoms with E-state index >= 15 is 0 Å². The summed E-state index contributed by atoms with van der Waals surface area (Å²) in [5.74, 6) is 0. The van der Waals surface area contributed by atoms with Crippen molar-refractivity contribution in [3.05, 3.63) is 0 Å². The van der Waals surface area contributed by atoms with Crippen LogP contribution in [0, 0.1) is 0 Å². The average Bonchev–Trinajstić information content (AvgIpc) is 2.05. The maximum Gasteiger partial charge on any atom is 0.0113 e. The molecule has 0 aromatic carbocycles. The zero-order chi connectivity index (χ0) is 8.49. The van der Waals surface area contributed by atoms with Crippen LogP contribution >= 0.6 is 0 Å². The smallest absolute Gasteiger partial charge is 0.0113 e. The number of hydrogen-bond acceptors (Lipinski definition) is 4. The highest BCUT2D eigenvalue weighted by atomic mass is 16.0. The molecule has 0 radical (unpaired) electrons. The van der Waals surface area contributed by atoms with Crippen LogP contribution in [0.2, 0.25) is 0 Å². The van der Waals surface area contributed by atoms with Gasteiger partial charge in [0.05, 0.1) is 0 Å². The molecule has 0 spiro atoms. The molecule has 0 atom stereocenters. The molecule has 1 aliphatic rings. The van der Waals surface area contributed by atoms with Gasteiger partial charge < -0.3 is 5.48 Å². The predicted octanol–water partition coefficient (Wildman–Crippen LogP) is -0.381. The molecule has 0 aliphatic carbocycles. The van der Waals surface area contributed by atoms with Crippen molar-refractivity contribution in [3.8, 4) is 0 Å². The first-order valence-corrected chi connectivity index (χ1v) is 4.96. The fourth-order valence-electron chi connectivity index (χ4n) is 1.35. The third kappa shape index (κ3) is 8.14. The molecule has 0 bridgehead atoms. The highest BCUT2D eigenvalue weighted by molar-refractivity contribution is 4.49. The van der Waals surface area contributed by atoms with Gasteiger partial charge in [-0.3, -0.25) is 0 Å². The van der Waals surface area contributed by atoms with E-state index in [0.29, 0.717) is 0 Å². The van der Waals surface area contributed by atoms with Gasteiger partial charge in [0.1, 0.15) is 0 Å². The Morgan fingerprint density at radius 2 is 0.923 bits per heavy atom. The molecule has 80 valence electrons. The maximum atomic E-state index is 3.08. The van der Waals surface area contributed by atoms with Gasteiger partial charge in [-0.1, -0.05) is 25.7 Å². The second kappa shape index (κ2) is 9.88. The normalized spacial score (nSPS) is 22.2. The van der Waals surface area contributed by atoms with E-state index < -0.39 is 0 Å².